The molecule has 2 aliphatic heterocycles. The third-order valence-corrected chi connectivity index (χ3v) is 6.29. The second kappa shape index (κ2) is 7.60. The maximum absolute atomic E-state index is 12.7. The number of rotatable bonds is 3. The molecule has 0 aromatic heterocycles. The third-order valence-electron chi connectivity index (χ3n) is 4.42. The molecule has 1 unspecified atom stereocenters. The molecule has 1 atom stereocenters. The Morgan fingerprint density at radius 2 is 1.78 bits per heavy atom. The number of piperazine rings is 1. The molecule has 0 saturated carbocycles. The Balaban J connectivity index is 0.00000192. The summed E-state index contributed by atoms with van der Waals surface area (Å²) >= 11 is 0. The summed E-state index contributed by atoms with van der Waals surface area (Å²) in [6.45, 7) is 5.03. The zero-order chi connectivity index (χ0) is 15.6. The van der Waals surface area contributed by atoms with Crippen LogP contribution in [0.3, 0.4) is 0 Å². The van der Waals surface area contributed by atoms with Crippen LogP contribution in [0.25, 0.3) is 0 Å². The van der Waals surface area contributed by atoms with Gasteiger partial charge < -0.3 is 5.32 Å². The maximum atomic E-state index is 12.7. The normalized spacial score (nSPS) is 23.2. The molecule has 0 aliphatic carbocycles. The fourth-order valence-corrected chi connectivity index (χ4v) is 4.62. The van der Waals surface area contributed by atoms with Gasteiger partial charge >= 0.3 is 0 Å². The van der Waals surface area contributed by atoms with Gasteiger partial charge in [-0.2, -0.15) is 9.57 Å². The van der Waals surface area contributed by atoms with Gasteiger partial charge in [0.05, 0.1) is 16.5 Å². The van der Waals surface area contributed by atoms with Gasteiger partial charge in [-0.1, -0.05) is 0 Å². The third kappa shape index (κ3) is 3.84. The van der Waals surface area contributed by atoms with Gasteiger partial charge in [0.15, 0.2) is 0 Å². The average Bonchev–Trinajstić information content (AvgIpc) is 3.06. The summed E-state index contributed by atoms with van der Waals surface area (Å²) in [7, 11) is -3.45. The van der Waals surface area contributed by atoms with E-state index >= 15 is 0 Å². The lowest BCUT2D eigenvalue weighted by Gasteiger charge is -2.32. The molecule has 0 spiro atoms. The van der Waals surface area contributed by atoms with Crippen molar-refractivity contribution in [3.8, 4) is 6.07 Å². The molecule has 8 heteroatoms. The maximum Gasteiger partial charge on any atom is 0.243 e. The van der Waals surface area contributed by atoms with Crippen LogP contribution in [0.15, 0.2) is 29.2 Å². The molecule has 126 valence electrons. The van der Waals surface area contributed by atoms with Gasteiger partial charge in [0.1, 0.15) is 0 Å². The number of hydrogen-bond donors (Lipinski definition) is 1. The van der Waals surface area contributed by atoms with Crippen molar-refractivity contribution in [3.63, 3.8) is 0 Å². The number of nitriles is 1. The molecule has 3 rings (SSSR count). The molecular formula is C15H21ClN4O2S. The molecule has 6 nitrogen and oxygen atoms in total. The Kier molecular flexibility index (Phi) is 6.00. The van der Waals surface area contributed by atoms with E-state index in [0.717, 1.165) is 32.6 Å². The molecule has 1 aromatic rings. The minimum absolute atomic E-state index is 0. The summed E-state index contributed by atoms with van der Waals surface area (Å²) in [5.41, 5.74) is 0.471. The quantitative estimate of drug-likeness (QED) is 0.860. The first-order valence-corrected chi connectivity index (χ1v) is 9.00. The highest BCUT2D eigenvalue weighted by atomic mass is 35.5. The minimum Gasteiger partial charge on any atom is -0.314 e. The lowest BCUT2D eigenvalue weighted by atomic mass is 10.2. The van der Waals surface area contributed by atoms with Crippen molar-refractivity contribution in [2.45, 2.75) is 17.4 Å². The minimum atomic E-state index is -3.45. The zero-order valence-electron chi connectivity index (χ0n) is 12.8. The molecule has 23 heavy (non-hydrogen) atoms. The van der Waals surface area contributed by atoms with Crippen LogP contribution in [0.5, 0.6) is 0 Å². The first-order chi connectivity index (χ1) is 10.6. The van der Waals surface area contributed by atoms with Crippen molar-refractivity contribution < 1.29 is 8.42 Å². The summed E-state index contributed by atoms with van der Waals surface area (Å²) < 4.78 is 26.9. The van der Waals surface area contributed by atoms with Crippen LogP contribution < -0.4 is 5.32 Å². The molecule has 0 radical (unpaired) electrons. The van der Waals surface area contributed by atoms with Crippen molar-refractivity contribution in [3.05, 3.63) is 29.8 Å². The molecule has 2 aliphatic rings. The van der Waals surface area contributed by atoms with E-state index < -0.39 is 10.0 Å². The molecule has 0 bridgehead atoms. The summed E-state index contributed by atoms with van der Waals surface area (Å²) in [4.78, 5) is 2.65. The highest BCUT2D eigenvalue weighted by molar-refractivity contribution is 7.89. The van der Waals surface area contributed by atoms with Crippen LogP contribution in [0.1, 0.15) is 12.0 Å². The monoisotopic (exact) mass is 356 g/mol. The average molecular weight is 357 g/mol. The fourth-order valence-electron chi connectivity index (χ4n) is 3.12. The Morgan fingerprint density at radius 1 is 1.13 bits per heavy atom. The Hall–Kier alpha value is -1.17. The van der Waals surface area contributed by atoms with E-state index in [1.54, 1.807) is 16.4 Å². The largest absolute Gasteiger partial charge is 0.314 e. The number of halogens is 1. The first-order valence-electron chi connectivity index (χ1n) is 7.56. The number of benzene rings is 1. The van der Waals surface area contributed by atoms with Gasteiger partial charge in [-0.05, 0) is 30.7 Å². The highest BCUT2D eigenvalue weighted by Crippen LogP contribution is 2.24. The SMILES string of the molecule is Cl.N#Cc1ccc(S(=O)(=O)N2CCC(N3CCNCC3)C2)cc1. The molecular weight excluding hydrogens is 336 g/mol. The molecule has 1 N–H and O–H groups in total. The van der Waals surface area contributed by atoms with E-state index in [-0.39, 0.29) is 17.3 Å². The van der Waals surface area contributed by atoms with Gasteiger partial charge in [-0.15, -0.1) is 12.4 Å². The van der Waals surface area contributed by atoms with Crippen LogP contribution in [0.2, 0.25) is 0 Å². The van der Waals surface area contributed by atoms with Crippen molar-refractivity contribution in [1.82, 2.24) is 14.5 Å². The number of nitrogens with one attached hydrogen (secondary N) is 1. The van der Waals surface area contributed by atoms with Crippen LogP contribution in [0.4, 0.5) is 0 Å². The van der Waals surface area contributed by atoms with E-state index in [2.05, 4.69) is 10.2 Å². The first kappa shape index (κ1) is 18.2. The summed E-state index contributed by atoms with van der Waals surface area (Å²) in [6, 6.07) is 8.46. The fraction of sp³-hybridized carbons (Fsp3) is 0.533. The second-order valence-electron chi connectivity index (χ2n) is 5.73. The molecule has 2 fully saturated rings. The van der Waals surface area contributed by atoms with E-state index in [4.69, 9.17) is 5.26 Å². The summed E-state index contributed by atoms with van der Waals surface area (Å²) in [6.07, 6.45) is 0.884. The van der Waals surface area contributed by atoms with Crippen molar-refractivity contribution in [1.29, 1.82) is 5.26 Å². The molecule has 2 heterocycles. The molecule has 2 saturated heterocycles. The summed E-state index contributed by atoms with van der Waals surface area (Å²) in [5.74, 6) is 0. The van der Waals surface area contributed by atoms with E-state index in [9.17, 15) is 8.42 Å². The van der Waals surface area contributed by atoms with Gasteiger partial charge in [0.2, 0.25) is 10.0 Å². The number of nitrogens with zero attached hydrogens (tertiary/aromatic N) is 3. The topological polar surface area (TPSA) is 76.4 Å². The van der Waals surface area contributed by atoms with Gasteiger partial charge in [0.25, 0.3) is 0 Å². The van der Waals surface area contributed by atoms with Crippen molar-refractivity contribution in [2.24, 2.45) is 0 Å². The van der Waals surface area contributed by atoms with Crippen molar-refractivity contribution >= 4 is 22.4 Å². The predicted molar refractivity (Wildman–Crippen MR) is 90.0 cm³/mol. The van der Waals surface area contributed by atoms with Gasteiger partial charge in [-0.3, -0.25) is 4.90 Å². The Bertz CT molecular complexity index is 666. The van der Waals surface area contributed by atoms with E-state index in [1.165, 1.54) is 12.1 Å². The van der Waals surface area contributed by atoms with E-state index in [0.29, 0.717) is 24.7 Å². The van der Waals surface area contributed by atoms with Gasteiger partial charge in [0, 0.05) is 45.3 Å². The molecule has 0 amide bonds. The van der Waals surface area contributed by atoms with Gasteiger partial charge in [-0.25, -0.2) is 8.42 Å². The zero-order valence-corrected chi connectivity index (χ0v) is 14.4. The number of sulfonamides is 1. The standard InChI is InChI=1S/C15H20N4O2S.ClH/c16-11-13-1-3-15(4-2-13)22(20,21)19-8-5-14(12-19)18-9-6-17-7-10-18;/h1-4,14,17H,5-10,12H2;1H. The van der Waals surface area contributed by atoms with Crippen LogP contribution in [-0.2, 0) is 10.0 Å². The van der Waals surface area contributed by atoms with Crippen LogP contribution in [-0.4, -0.2) is 62.9 Å². The lowest BCUT2D eigenvalue weighted by Crippen LogP contribution is -2.49. The number of hydrogen-bond acceptors (Lipinski definition) is 5. The summed E-state index contributed by atoms with van der Waals surface area (Å²) in [5, 5.41) is 12.1. The molecule has 1 aromatic carbocycles. The predicted octanol–water partition coefficient (Wildman–Crippen LogP) is 0.648. The second-order valence-corrected chi connectivity index (χ2v) is 7.67. The highest BCUT2D eigenvalue weighted by Gasteiger charge is 2.35. The Morgan fingerprint density at radius 3 is 2.39 bits per heavy atom. The van der Waals surface area contributed by atoms with Crippen LogP contribution >= 0.6 is 12.4 Å². The van der Waals surface area contributed by atoms with E-state index in [1.807, 2.05) is 6.07 Å². The van der Waals surface area contributed by atoms with Crippen molar-refractivity contribution in [2.75, 3.05) is 39.3 Å². The lowest BCUT2D eigenvalue weighted by molar-refractivity contribution is 0.179. The smallest absolute Gasteiger partial charge is 0.243 e. The van der Waals surface area contributed by atoms with Crippen LogP contribution in [0, 0.1) is 11.3 Å². The Labute approximate surface area is 143 Å².